The molecule has 1 aliphatic heterocycles. The van der Waals surface area contributed by atoms with E-state index in [9.17, 15) is 0 Å². The van der Waals surface area contributed by atoms with Crippen LogP contribution in [0.4, 0.5) is 0 Å². The van der Waals surface area contributed by atoms with Crippen molar-refractivity contribution in [1.29, 1.82) is 0 Å². The van der Waals surface area contributed by atoms with Crippen LogP contribution in [0.2, 0.25) is 0 Å². The molecular weight excluding hydrogens is 316 g/mol. The van der Waals surface area contributed by atoms with Crippen LogP contribution in [0, 0.1) is 5.92 Å². The second-order valence-corrected chi connectivity index (χ2v) is 7.35. The molecule has 1 aliphatic carbocycles. The molecule has 2 atom stereocenters. The van der Waals surface area contributed by atoms with Crippen LogP contribution in [0.5, 0.6) is 0 Å². The summed E-state index contributed by atoms with van der Waals surface area (Å²) < 4.78 is 7.61. The molecule has 0 spiro atoms. The first kappa shape index (κ1) is 16.8. The zero-order chi connectivity index (χ0) is 17.2. The molecule has 2 fully saturated rings. The van der Waals surface area contributed by atoms with E-state index in [4.69, 9.17) is 9.52 Å². The molecule has 2 aromatic heterocycles. The Morgan fingerprint density at radius 2 is 2.08 bits per heavy atom. The van der Waals surface area contributed by atoms with E-state index in [1.807, 2.05) is 23.0 Å². The van der Waals surface area contributed by atoms with E-state index < -0.39 is 0 Å². The number of hydrogen-bond acceptors (Lipinski definition) is 5. The molecular formula is C19H28N4O2. The maximum absolute atomic E-state index is 9.11. The van der Waals surface area contributed by atoms with Gasteiger partial charge in [-0.1, -0.05) is 0 Å². The summed E-state index contributed by atoms with van der Waals surface area (Å²) in [5.41, 5.74) is 1.33. The van der Waals surface area contributed by atoms with Crippen molar-refractivity contribution in [2.75, 3.05) is 13.1 Å². The molecule has 0 radical (unpaired) electrons. The van der Waals surface area contributed by atoms with Gasteiger partial charge >= 0.3 is 0 Å². The van der Waals surface area contributed by atoms with Gasteiger partial charge in [0, 0.05) is 25.8 Å². The summed E-state index contributed by atoms with van der Waals surface area (Å²) in [6.45, 7) is 2.84. The highest BCUT2D eigenvalue weighted by Gasteiger charge is 2.41. The molecule has 0 bridgehead atoms. The van der Waals surface area contributed by atoms with Gasteiger partial charge < -0.3 is 14.8 Å². The highest BCUT2D eigenvalue weighted by Crippen LogP contribution is 2.42. The van der Waals surface area contributed by atoms with Crippen LogP contribution in [-0.4, -0.2) is 38.9 Å². The number of aryl methyl sites for hydroxylation is 1. The highest BCUT2D eigenvalue weighted by molar-refractivity contribution is 5.12. The number of rotatable bonds is 7. The van der Waals surface area contributed by atoms with Crippen molar-refractivity contribution >= 4 is 0 Å². The smallest absolute Gasteiger partial charge is 0.129 e. The number of nitrogens with one attached hydrogen (secondary N) is 1. The zero-order valence-corrected chi connectivity index (χ0v) is 14.9. The van der Waals surface area contributed by atoms with E-state index >= 15 is 0 Å². The van der Waals surface area contributed by atoms with E-state index in [1.165, 1.54) is 37.9 Å². The van der Waals surface area contributed by atoms with Gasteiger partial charge in [0.15, 0.2) is 0 Å². The highest BCUT2D eigenvalue weighted by atomic mass is 16.4. The number of likely N-dealkylation sites (tertiary alicyclic amines) is 1. The van der Waals surface area contributed by atoms with Crippen LogP contribution in [-0.2, 0) is 20.2 Å². The van der Waals surface area contributed by atoms with E-state index in [1.54, 1.807) is 0 Å². The number of piperidine rings is 1. The van der Waals surface area contributed by atoms with Crippen LogP contribution in [0.1, 0.15) is 48.9 Å². The minimum Gasteiger partial charge on any atom is -0.462 e. The first-order valence-corrected chi connectivity index (χ1v) is 9.39. The van der Waals surface area contributed by atoms with Crippen LogP contribution < -0.4 is 5.32 Å². The van der Waals surface area contributed by atoms with Gasteiger partial charge in [0.1, 0.15) is 18.1 Å². The third-order valence-electron chi connectivity index (χ3n) is 5.55. The molecule has 6 heteroatoms. The van der Waals surface area contributed by atoms with Gasteiger partial charge in [0.25, 0.3) is 0 Å². The summed E-state index contributed by atoms with van der Waals surface area (Å²) >= 11 is 0. The van der Waals surface area contributed by atoms with Crippen molar-refractivity contribution in [3.8, 4) is 0 Å². The molecule has 2 N–H and O–H groups in total. The van der Waals surface area contributed by atoms with Gasteiger partial charge in [0.05, 0.1) is 18.3 Å². The fourth-order valence-corrected chi connectivity index (χ4v) is 4.20. The lowest BCUT2D eigenvalue weighted by Crippen LogP contribution is -2.44. The molecule has 6 nitrogen and oxygen atoms in total. The topological polar surface area (TPSA) is 66.5 Å². The molecule has 0 unspecified atom stereocenters. The molecule has 25 heavy (non-hydrogen) atoms. The average molecular weight is 344 g/mol. The molecule has 0 aromatic carbocycles. The van der Waals surface area contributed by atoms with E-state index in [0.29, 0.717) is 24.3 Å². The second-order valence-electron chi connectivity index (χ2n) is 7.35. The van der Waals surface area contributed by atoms with Crippen molar-refractivity contribution in [1.82, 2.24) is 20.0 Å². The summed E-state index contributed by atoms with van der Waals surface area (Å²) in [5, 5.41) is 17.1. The maximum Gasteiger partial charge on any atom is 0.129 e. The molecule has 3 heterocycles. The van der Waals surface area contributed by atoms with Crippen LogP contribution in [0.15, 0.2) is 28.8 Å². The first-order chi connectivity index (χ1) is 12.3. The van der Waals surface area contributed by atoms with Gasteiger partial charge in [-0.05, 0) is 56.3 Å². The lowest BCUT2D eigenvalue weighted by atomic mass is 9.86. The van der Waals surface area contributed by atoms with Crippen molar-refractivity contribution in [2.24, 2.45) is 13.0 Å². The predicted octanol–water partition coefficient (Wildman–Crippen LogP) is 2.21. The molecule has 1 saturated heterocycles. The molecule has 1 saturated carbocycles. The number of aliphatic hydroxyl groups is 1. The second kappa shape index (κ2) is 7.32. The standard InChI is InChI=1S/C19H28N4O2/c1-22-18(8-9-21-22)19-14(3-2-10-23(19)15-4-5-15)11-20-12-16-6-7-17(13-24)25-16/h6-9,14-15,19-20,24H,2-5,10-13H2,1H3/t14-,19+/m0/s1. The minimum absolute atomic E-state index is 0.0401. The third-order valence-corrected chi connectivity index (χ3v) is 5.55. The van der Waals surface area contributed by atoms with E-state index in [0.717, 1.165) is 18.3 Å². The molecule has 136 valence electrons. The largest absolute Gasteiger partial charge is 0.462 e. The predicted molar refractivity (Wildman–Crippen MR) is 94.7 cm³/mol. The zero-order valence-electron chi connectivity index (χ0n) is 14.9. The lowest BCUT2D eigenvalue weighted by Gasteiger charge is -2.41. The van der Waals surface area contributed by atoms with E-state index in [-0.39, 0.29) is 6.61 Å². The Bertz CT molecular complexity index is 691. The van der Waals surface area contributed by atoms with E-state index in [2.05, 4.69) is 28.4 Å². The average Bonchev–Trinajstić information content (AvgIpc) is 3.23. The minimum atomic E-state index is -0.0401. The van der Waals surface area contributed by atoms with Crippen LogP contribution in [0.25, 0.3) is 0 Å². The van der Waals surface area contributed by atoms with Gasteiger partial charge in [-0.2, -0.15) is 5.10 Å². The summed E-state index contributed by atoms with van der Waals surface area (Å²) in [7, 11) is 2.05. The van der Waals surface area contributed by atoms with Gasteiger partial charge in [-0.15, -0.1) is 0 Å². The number of nitrogens with zero attached hydrogens (tertiary/aromatic N) is 3. The van der Waals surface area contributed by atoms with Gasteiger partial charge in [-0.3, -0.25) is 9.58 Å². The van der Waals surface area contributed by atoms with Crippen LogP contribution >= 0.6 is 0 Å². The first-order valence-electron chi connectivity index (χ1n) is 9.39. The Morgan fingerprint density at radius 1 is 1.24 bits per heavy atom. The Morgan fingerprint density at radius 3 is 2.76 bits per heavy atom. The Balaban J connectivity index is 1.43. The van der Waals surface area contributed by atoms with Crippen molar-refractivity contribution < 1.29 is 9.52 Å². The van der Waals surface area contributed by atoms with Gasteiger partial charge in [0.2, 0.25) is 0 Å². The molecule has 2 aliphatic rings. The quantitative estimate of drug-likeness (QED) is 0.806. The Labute approximate surface area is 148 Å². The molecule has 0 amide bonds. The summed E-state index contributed by atoms with van der Waals surface area (Å²) in [6.07, 6.45) is 7.10. The lowest BCUT2D eigenvalue weighted by molar-refractivity contribution is 0.0774. The summed E-state index contributed by atoms with van der Waals surface area (Å²) in [4.78, 5) is 2.71. The third kappa shape index (κ3) is 3.66. The number of aliphatic hydroxyl groups excluding tert-OH is 1. The van der Waals surface area contributed by atoms with Crippen molar-refractivity contribution in [3.63, 3.8) is 0 Å². The molecule has 4 rings (SSSR count). The normalized spacial score (nSPS) is 24.7. The maximum atomic E-state index is 9.11. The number of furan rings is 1. The fraction of sp³-hybridized carbons (Fsp3) is 0.632. The monoisotopic (exact) mass is 344 g/mol. The SMILES string of the molecule is Cn1nccc1[C@H]1[C@H](CNCc2ccc(CO)o2)CCCN1C1CC1. The van der Waals surface area contributed by atoms with Gasteiger partial charge in [-0.25, -0.2) is 0 Å². The number of aromatic nitrogens is 2. The fourth-order valence-electron chi connectivity index (χ4n) is 4.20. The Kier molecular flexibility index (Phi) is 4.92. The van der Waals surface area contributed by atoms with Crippen molar-refractivity contribution in [2.45, 2.75) is 50.9 Å². The molecule has 2 aromatic rings. The summed E-state index contributed by atoms with van der Waals surface area (Å²) in [5.74, 6) is 2.09. The summed E-state index contributed by atoms with van der Waals surface area (Å²) in [6, 6.07) is 7.17. The number of hydrogen-bond donors (Lipinski definition) is 2. The van der Waals surface area contributed by atoms with Crippen LogP contribution in [0.3, 0.4) is 0 Å². The van der Waals surface area contributed by atoms with Crippen molar-refractivity contribution in [3.05, 3.63) is 41.6 Å². The Hall–Kier alpha value is -1.63.